The van der Waals surface area contributed by atoms with E-state index in [0.29, 0.717) is 11.3 Å². The van der Waals surface area contributed by atoms with E-state index in [0.717, 1.165) is 7.11 Å². The summed E-state index contributed by atoms with van der Waals surface area (Å²) < 4.78 is 54.2. The van der Waals surface area contributed by atoms with E-state index in [1.807, 2.05) is 0 Å². The Bertz CT molecular complexity index is 1220. The highest BCUT2D eigenvalue weighted by molar-refractivity contribution is 6.20. The summed E-state index contributed by atoms with van der Waals surface area (Å²) in [7, 11) is 1.02. The number of ketones is 1. The number of aromatic amines is 1. The topological polar surface area (TPSA) is 91.8 Å². The Morgan fingerprint density at radius 1 is 1.16 bits per heavy atom. The van der Waals surface area contributed by atoms with Gasteiger partial charge >= 0.3 is 0 Å². The largest absolute Gasteiger partial charge is 0.491 e. The molecular formula is C22H20F3NO5. The minimum absolute atomic E-state index is 0.130. The first-order chi connectivity index (χ1) is 14.6. The Morgan fingerprint density at radius 2 is 1.87 bits per heavy atom. The van der Waals surface area contributed by atoms with Crippen molar-refractivity contribution < 1.29 is 37.7 Å². The minimum atomic E-state index is -1.50. The molecule has 0 bridgehead atoms. The molecule has 0 radical (unpaired) electrons. The van der Waals surface area contributed by atoms with Crippen LogP contribution in [0.25, 0.3) is 10.9 Å². The third-order valence-electron chi connectivity index (χ3n) is 5.65. The number of halogens is 3. The van der Waals surface area contributed by atoms with Gasteiger partial charge in [0.1, 0.15) is 18.5 Å². The number of carbonyl (C=O) groups is 1. The number of benzene rings is 2. The number of H-pyrrole nitrogens is 1. The van der Waals surface area contributed by atoms with Crippen LogP contribution in [0.3, 0.4) is 0 Å². The summed E-state index contributed by atoms with van der Waals surface area (Å²) in [6.07, 6.45) is -1.07. The molecule has 1 aliphatic carbocycles. The van der Waals surface area contributed by atoms with Crippen LogP contribution in [0.5, 0.6) is 11.5 Å². The van der Waals surface area contributed by atoms with Crippen molar-refractivity contribution in [3.8, 4) is 11.5 Å². The average molecular weight is 435 g/mol. The smallest absolute Gasteiger partial charge is 0.204 e. The van der Waals surface area contributed by atoms with E-state index < -0.39 is 52.5 Å². The third kappa shape index (κ3) is 2.99. The van der Waals surface area contributed by atoms with Gasteiger partial charge in [0.25, 0.3) is 0 Å². The van der Waals surface area contributed by atoms with Crippen LogP contribution in [-0.2, 0) is 5.41 Å². The zero-order valence-corrected chi connectivity index (χ0v) is 17.0. The summed E-state index contributed by atoms with van der Waals surface area (Å²) >= 11 is 0. The summed E-state index contributed by atoms with van der Waals surface area (Å²) in [6, 6.07) is 4.58. The van der Waals surface area contributed by atoms with Gasteiger partial charge in [-0.05, 0) is 23.8 Å². The fourth-order valence-corrected chi connectivity index (χ4v) is 4.02. The van der Waals surface area contributed by atoms with E-state index >= 15 is 0 Å². The number of hydrogen-bond acceptors (Lipinski definition) is 5. The third-order valence-corrected chi connectivity index (χ3v) is 5.65. The summed E-state index contributed by atoms with van der Waals surface area (Å²) in [6.45, 7) is 2.88. The Hall–Kier alpha value is -3.04. The van der Waals surface area contributed by atoms with Gasteiger partial charge in [0.15, 0.2) is 23.2 Å². The van der Waals surface area contributed by atoms with Crippen LogP contribution in [0.1, 0.15) is 41.0 Å². The highest BCUT2D eigenvalue weighted by Gasteiger charge is 2.42. The molecular weight excluding hydrogens is 415 g/mol. The molecule has 1 unspecified atom stereocenters. The molecule has 0 spiro atoms. The number of rotatable bonds is 5. The van der Waals surface area contributed by atoms with Crippen molar-refractivity contribution in [3.05, 3.63) is 58.0 Å². The predicted molar refractivity (Wildman–Crippen MR) is 105 cm³/mol. The normalized spacial score (nSPS) is 15.5. The molecule has 9 heteroatoms. The Morgan fingerprint density at radius 3 is 2.52 bits per heavy atom. The van der Waals surface area contributed by atoms with Crippen LogP contribution in [0.2, 0.25) is 0 Å². The van der Waals surface area contributed by atoms with Gasteiger partial charge in [-0.15, -0.1) is 0 Å². The van der Waals surface area contributed by atoms with Crippen LogP contribution in [0.4, 0.5) is 13.2 Å². The lowest BCUT2D eigenvalue weighted by molar-refractivity contribution is 0.0535. The maximum Gasteiger partial charge on any atom is 0.204 e. The average Bonchev–Trinajstić information content (AvgIpc) is 3.17. The van der Waals surface area contributed by atoms with Gasteiger partial charge in [-0.3, -0.25) is 4.79 Å². The number of aliphatic hydroxyl groups is 2. The molecule has 1 heterocycles. The molecule has 31 heavy (non-hydrogen) atoms. The van der Waals surface area contributed by atoms with E-state index in [1.165, 1.54) is 12.1 Å². The van der Waals surface area contributed by atoms with Crippen molar-refractivity contribution in [2.24, 2.45) is 0 Å². The molecule has 1 aromatic heterocycles. The summed E-state index contributed by atoms with van der Waals surface area (Å²) in [5, 5.41) is 18.0. The van der Waals surface area contributed by atoms with Crippen molar-refractivity contribution >= 4 is 16.7 Å². The number of aromatic nitrogens is 1. The number of hydrogen-bond donors (Lipinski definition) is 3. The van der Waals surface area contributed by atoms with E-state index in [2.05, 4.69) is 9.72 Å². The second kappa shape index (κ2) is 7.28. The van der Waals surface area contributed by atoms with Crippen molar-refractivity contribution in [2.45, 2.75) is 25.4 Å². The molecule has 1 aliphatic rings. The fourth-order valence-electron chi connectivity index (χ4n) is 4.02. The number of fused-ring (bicyclic) bond motifs is 4. The lowest BCUT2D eigenvalue weighted by Crippen LogP contribution is -2.30. The number of ether oxygens (including phenoxy) is 2. The molecule has 3 N–H and O–H groups in total. The Labute approximate surface area is 175 Å². The highest BCUT2D eigenvalue weighted by atomic mass is 19.2. The standard InChI is InChI=1S/C22H20F3NO5/c1-22(2)12-6-10(31-8-9(28)7-27)4-5-11(12)19(29)14-13-15(23)16(24)20(30-3)17(25)18(13)26-21(14)22/h4-6,9,26-28H,7-8H2,1-3H3. The van der Waals surface area contributed by atoms with Crippen molar-refractivity contribution in [3.63, 3.8) is 0 Å². The molecule has 0 saturated heterocycles. The van der Waals surface area contributed by atoms with Crippen molar-refractivity contribution in [1.29, 1.82) is 0 Å². The van der Waals surface area contributed by atoms with Gasteiger partial charge in [0.2, 0.25) is 5.82 Å². The van der Waals surface area contributed by atoms with Crippen LogP contribution in [-0.4, -0.2) is 47.4 Å². The van der Waals surface area contributed by atoms with Gasteiger partial charge in [-0.25, -0.2) is 8.78 Å². The molecule has 6 nitrogen and oxygen atoms in total. The molecule has 3 aromatic rings. The lowest BCUT2D eigenvalue weighted by Gasteiger charge is -2.32. The highest BCUT2D eigenvalue weighted by Crippen LogP contribution is 2.46. The SMILES string of the molecule is COc1c(F)c(F)c2c3c([nH]c2c1F)C(C)(C)c1cc(OCC(O)CO)ccc1C3=O. The predicted octanol–water partition coefficient (Wildman–Crippen LogP) is 3.20. The lowest BCUT2D eigenvalue weighted by atomic mass is 9.71. The summed E-state index contributed by atoms with van der Waals surface area (Å²) in [4.78, 5) is 16.0. The van der Waals surface area contributed by atoms with Crippen LogP contribution >= 0.6 is 0 Å². The van der Waals surface area contributed by atoms with Crippen molar-refractivity contribution in [1.82, 2.24) is 4.98 Å². The van der Waals surface area contributed by atoms with E-state index in [4.69, 9.17) is 9.84 Å². The molecule has 0 saturated carbocycles. The Kier molecular flexibility index (Phi) is 4.98. The van der Waals surface area contributed by atoms with E-state index in [1.54, 1.807) is 19.9 Å². The van der Waals surface area contributed by atoms with Gasteiger partial charge in [-0.2, -0.15) is 4.39 Å². The Balaban J connectivity index is 1.92. The second-order valence-electron chi connectivity index (χ2n) is 7.91. The molecule has 2 aromatic carbocycles. The van der Waals surface area contributed by atoms with Gasteiger partial charge in [0, 0.05) is 16.7 Å². The molecule has 164 valence electrons. The maximum absolute atomic E-state index is 14.9. The van der Waals surface area contributed by atoms with Crippen LogP contribution in [0, 0.1) is 17.5 Å². The first kappa shape index (κ1) is 21.2. The first-order valence-electron chi connectivity index (χ1n) is 9.51. The maximum atomic E-state index is 14.9. The molecule has 0 amide bonds. The molecule has 1 atom stereocenters. The molecule has 0 aliphatic heterocycles. The molecule has 4 rings (SSSR count). The number of methoxy groups -OCH3 is 1. The van der Waals surface area contributed by atoms with Crippen LogP contribution in [0.15, 0.2) is 18.2 Å². The van der Waals surface area contributed by atoms with E-state index in [9.17, 15) is 23.1 Å². The summed E-state index contributed by atoms with van der Waals surface area (Å²) in [5.41, 5.74) is -0.398. The first-order valence-corrected chi connectivity index (χ1v) is 9.51. The fraction of sp³-hybridized carbons (Fsp3) is 0.318. The zero-order chi connectivity index (χ0) is 22.7. The number of nitrogens with one attached hydrogen (secondary N) is 1. The second-order valence-corrected chi connectivity index (χ2v) is 7.91. The summed E-state index contributed by atoms with van der Waals surface area (Å²) in [5.74, 6) is -5.10. The number of carbonyl (C=O) groups excluding carboxylic acids is 1. The number of aliphatic hydroxyl groups excluding tert-OH is 2. The van der Waals surface area contributed by atoms with Crippen molar-refractivity contribution in [2.75, 3.05) is 20.3 Å². The van der Waals surface area contributed by atoms with Gasteiger partial charge < -0.3 is 24.7 Å². The zero-order valence-electron chi connectivity index (χ0n) is 17.0. The van der Waals surface area contributed by atoms with Crippen LogP contribution < -0.4 is 9.47 Å². The quantitative estimate of drug-likeness (QED) is 0.536. The monoisotopic (exact) mass is 435 g/mol. The van der Waals surface area contributed by atoms with E-state index in [-0.39, 0.29) is 28.9 Å². The minimum Gasteiger partial charge on any atom is -0.491 e. The van der Waals surface area contributed by atoms with Gasteiger partial charge in [-0.1, -0.05) is 13.8 Å². The molecule has 0 fully saturated rings. The van der Waals surface area contributed by atoms with Gasteiger partial charge in [0.05, 0.1) is 30.2 Å².